The van der Waals surface area contributed by atoms with E-state index in [0.29, 0.717) is 0 Å². The topological polar surface area (TPSA) is 35.2 Å². The van der Waals surface area contributed by atoms with Gasteiger partial charge in [-0.1, -0.05) is 20.3 Å². The maximum Gasteiger partial charge on any atom is 0.148 e. The predicted octanol–water partition coefficient (Wildman–Crippen LogP) is 5.06. The second-order valence-electron chi connectivity index (χ2n) is 4.98. The fourth-order valence-corrected chi connectivity index (χ4v) is 3.42. The summed E-state index contributed by atoms with van der Waals surface area (Å²) in [5.41, 5.74) is 7.23. The Morgan fingerprint density at radius 1 is 1.21 bits per heavy atom. The van der Waals surface area contributed by atoms with Gasteiger partial charge in [0.05, 0.1) is 15.0 Å². The van der Waals surface area contributed by atoms with Crippen molar-refractivity contribution in [1.82, 2.24) is 0 Å². The van der Waals surface area contributed by atoms with E-state index in [1.54, 1.807) is 0 Å². The van der Waals surface area contributed by atoms with E-state index in [0.717, 1.165) is 40.4 Å². The molecule has 1 aromatic carbocycles. The minimum Gasteiger partial charge on any atom is -0.488 e. The van der Waals surface area contributed by atoms with Gasteiger partial charge >= 0.3 is 0 Å². The van der Waals surface area contributed by atoms with Crippen molar-refractivity contribution in [1.29, 1.82) is 0 Å². The van der Waals surface area contributed by atoms with E-state index in [4.69, 9.17) is 10.5 Å². The minimum absolute atomic E-state index is 0.213. The Bertz CT molecular complexity index is 386. The second kappa shape index (κ2) is 8.28. The van der Waals surface area contributed by atoms with Gasteiger partial charge in [-0.15, -0.1) is 0 Å². The van der Waals surface area contributed by atoms with Crippen LogP contribution in [0.1, 0.15) is 45.6 Å². The van der Waals surface area contributed by atoms with Crippen LogP contribution in [0.4, 0.5) is 0 Å². The van der Waals surface area contributed by atoms with Crippen LogP contribution in [0.5, 0.6) is 5.75 Å². The number of ether oxygens (including phenoxy) is 1. The summed E-state index contributed by atoms with van der Waals surface area (Å²) in [5.74, 6) is 0.884. The molecular weight excluding hydrogens is 370 g/mol. The first-order valence-corrected chi connectivity index (χ1v) is 8.46. The molecule has 2 unspecified atom stereocenters. The molecule has 0 spiro atoms. The molecule has 0 aliphatic carbocycles. The SMILES string of the molecule is CCCC(C)Oc1c(Br)cc(CC(N)CC)cc1Br. The van der Waals surface area contributed by atoms with E-state index in [9.17, 15) is 0 Å². The first kappa shape index (κ1) is 17.0. The fraction of sp³-hybridized carbons (Fsp3) is 0.600. The van der Waals surface area contributed by atoms with Gasteiger partial charge in [-0.25, -0.2) is 0 Å². The molecule has 0 aliphatic heterocycles. The number of rotatable bonds is 7. The summed E-state index contributed by atoms with van der Waals surface area (Å²) in [6.45, 7) is 6.38. The molecule has 2 nitrogen and oxygen atoms in total. The quantitative estimate of drug-likeness (QED) is 0.703. The van der Waals surface area contributed by atoms with Crippen LogP contribution in [0.3, 0.4) is 0 Å². The van der Waals surface area contributed by atoms with E-state index in [2.05, 4.69) is 64.8 Å². The van der Waals surface area contributed by atoms with Crippen LogP contribution in [-0.2, 0) is 6.42 Å². The van der Waals surface area contributed by atoms with Gasteiger partial charge in [0, 0.05) is 6.04 Å². The Morgan fingerprint density at radius 3 is 2.26 bits per heavy atom. The Morgan fingerprint density at radius 2 is 1.79 bits per heavy atom. The largest absolute Gasteiger partial charge is 0.488 e. The van der Waals surface area contributed by atoms with E-state index in [1.165, 1.54) is 5.56 Å². The highest BCUT2D eigenvalue weighted by atomic mass is 79.9. The maximum absolute atomic E-state index is 6.00. The molecule has 1 aromatic rings. The van der Waals surface area contributed by atoms with Crippen LogP contribution in [0.25, 0.3) is 0 Å². The van der Waals surface area contributed by atoms with Crippen LogP contribution in [-0.4, -0.2) is 12.1 Å². The first-order valence-electron chi connectivity index (χ1n) is 6.88. The Labute approximate surface area is 133 Å². The van der Waals surface area contributed by atoms with E-state index >= 15 is 0 Å². The zero-order valence-corrected chi connectivity index (χ0v) is 15.1. The van der Waals surface area contributed by atoms with Crippen molar-refractivity contribution in [2.24, 2.45) is 5.73 Å². The highest BCUT2D eigenvalue weighted by Crippen LogP contribution is 2.36. The van der Waals surface area contributed by atoms with Crippen molar-refractivity contribution in [3.8, 4) is 5.75 Å². The predicted molar refractivity (Wildman–Crippen MR) is 88.8 cm³/mol. The summed E-state index contributed by atoms with van der Waals surface area (Å²) in [6.07, 6.45) is 4.28. The van der Waals surface area contributed by atoms with E-state index in [1.807, 2.05) is 0 Å². The molecular formula is C15H23Br2NO. The molecule has 0 bridgehead atoms. The Balaban J connectivity index is 2.85. The molecule has 4 heteroatoms. The third kappa shape index (κ3) is 5.44. The highest BCUT2D eigenvalue weighted by Gasteiger charge is 2.13. The molecule has 1 rings (SSSR count). The van der Waals surface area contributed by atoms with Gasteiger partial charge in [-0.2, -0.15) is 0 Å². The average Bonchev–Trinajstić information content (AvgIpc) is 2.34. The van der Waals surface area contributed by atoms with Gasteiger partial charge in [0.1, 0.15) is 5.75 Å². The van der Waals surface area contributed by atoms with Crippen molar-refractivity contribution in [2.45, 2.75) is 58.6 Å². The molecule has 0 radical (unpaired) electrons. The summed E-state index contributed by atoms with van der Waals surface area (Å²) in [4.78, 5) is 0. The van der Waals surface area contributed by atoms with Gasteiger partial charge in [-0.3, -0.25) is 0 Å². The minimum atomic E-state index is 0.213. The zero-order valence-electron chi connectivity index (χ0n) is 11.9. The molecule has 108 valence electrons. The van der Waals surface area contributed by atoms with Gasteiger partial charge in [0.15, 0.2) is 0 Å². The summed E-state index contributed by atoms with van der Waals surface area (Å²) in [6, 6.07) is 4.42. The molecule has 2 atom stereocenters. The standard InChI is InChI=1S/C15H23Br2NO/c1-4-6-10(3)19-15-13(16)8-11(9-14(15)17)7-12(18)5-2/h8-10,12H,4-7,18H2,1-3H3. The van der Waals surface area contributed by atoms with Crippen LogP contribution in [0.2, 0.25) is 0 Å². The first-order chi connectivity index (χ1) is 8.97. The zero-order chi connectivity index (χ0) is 14.4. The number of halogens is 2. The van der Waals surface area contributed by atoms with Crippen LogP contribution >= 0.6 is 31.9 Å². The number of benzene rings is 1. The van der Waals surface area contributed by atoms with Gasteiger partial charge in [0.2, 0.25) is 0 Å². The lowest BCUT2D eigenvalue weighted by molar-refractivity contribution is 0.207. The van der Waals surface area contributed by atoms with E-state index in [-0.39, 0.29) is 12.1 Å². The normalized spacial score (nSPS) is 14.2. The van der Waals surface area contributed by atoms with Gasteiger partial charge < -0.3 is 10.5 Å². The van der Waals surface area contributed by atoms with Crippen molar-refractivity contribution < 1.29 is 4.74 Å². The summed E-state index contributed by atoms with van der Waals surface area (Å²) in [5, 5.41) is 0. The smallest absolute Gasteiger partial charge is 0.148 e. The van der Waals surface area contributed by atoms with Crippen LogP contribution in [0.15, 0.2) is 21.1 Å². The molecule has 0 fully saturated rings. The Kier molecular flexibility index (Phi) is 7.40. The number of hydrogen-bond donors (Lipinski definition) is 1. The Hall–Kier alpha value is -0.0600. The molecule has 0 heterocycles. The summed E-state index contributed by atoms with van der Waals surface area (Å²) >= 11 is 7.19. The molecule has 2 N–H and O–H groups in total. The van der Waals surface area contributed by atoms with Crippen LogP contribution in [0, 0.1) is 0 Å². The maximum atomic E-state index is 6.00. The lowest BCUT2D eigenvalue weighted by Gasteiger charge is -2.18. The molecule has 0 amide bonds. The lowest BCUT2D eigenvalue weighted by atomic mass is 10.0. The van der Waals surface area contributed by atoms with Crippen molar-refractivity contribution in [3.05, 3.63) is 26.6 Å². The summed E-state index contributed by atoms with van der Waals surface area (Å²) < 4.78 is 7.96. The highest BCUT2D eigenvalue weighted by molar-refractivity contribution is 9.11. The van der Waals surface area contributed by atoms with Crippen molar-refractivity contribution in [2.75, 3.05) is 0 Å². The second-order valence-corrected chi connectivity index (χ2v) is 6.69. The van der Waals surface area contributed by atoms with Gasteiger partial charge in [0.25, 0.3) is 0 Å². The van der Waals surface area contributed by atoms with Gasteiger partial charge in [-0.05, 0) is 75.7 Å². The third-order valence-corrected chi connectivity index (χ3v) is 4.27. The van der Waals surface area contributed by atoms with Crippen molar-refractivity contribution >= 4 is 31.9 Å². The average molecular weight is 393 g/mol. The number of hydrogen-bond acceptors (Lipinski definition) is 2. The number of nitrogens with two attached hydrogens (primary N) is 1. The monoisotopic (exact) mass is 391 g/mol. The third-order valence-electron chi connectivity index (χ3n) is 3.09. The molecule has 19 heavy (non-hydrogen) atoms. The van der Waals surface area contributed by atoms with Crippen molar-refractivity contribution in [3.63, 3.8) is 0 Å². The molecule has 0 saturated heterocycles. The molecule has 0 saturated carbocycles. The lowest BCUT2D eigenvalue weighted by Crippen LogP contribution is -2.21. The molecule has 0 aromatic heterocycles. The fourth-order valence-electron chi connectivity index (χ4n) is 1.96. The van der Waals surface area contributed by atoms with Crippen LogP contribution < -0.4 is 10.5 Å². The molecule has 0 aliphatic rings. The van der Waals surface area contributed by atoms with E-state index < -0.39 is 0 Å². The summed E-state index contributed by atoms with van der Waals surface area (Å²) in [7, 11) is 0.